The Labute approximate surface area is 199 Å². The molecule has 2 aromatic rings. The van der Waals surface area contributed by atoms with Crippen molar-refractivity contribution in [3.05, 3.63) is 48.0 Å². The van der Waals surface area contributed by atoms with Crippen molar-refractivity contribution in [1.29, 1.82) is 5.41 Å². The van der Waals surface area contributed by atoms with Gasteiger partial charge in [-0.05, 0) is 55.5 Å². The molecular weight excluding hydrogens is 462 g/mol. The van der Waals surface area contributed by atoms with Crippen molar-refractivity contribution in [1.82, 2.24) is 4.90 Å². The van der Waals surface area contributed by atoms with Crippen molar-refractivity contribution >= 4 is 16.1 Å². The Morgan fingerprint density at radius 1 is 1.15 bits per heavy atom. The molecule has 1 fully saturated rings. The van der Waals surface area contributed by atoms with Gasteiger partial charge in [0, 0.05) is 25.2 Å². The van der Waals surface area contributed by atoms with Crippen LogP contribution in [0.1, 0.15) is 18.4 Å². The highest BCUT2D eigenvalue weighted by Crippen LogP contribution is 2.28. The van der Waals surface area contributed by atoms with E-state index in [1.807, 2.05) is 17.9 Å². The first-order valence-electron chi connectivity index (χ1n) is 11.0. The highest BCUT2D eigenvalue weighted by Gasteiger charge is 2.21. The minimum atomic E-state index is -4.15. The fourth-order valence-corrected chi connectivity index (χ4v) is 4.49. The van der Waals surface area contributed by atoms with Gasteiger partial charge in [-0.3, -0.25) is 5.41 Å². The number of likely N-dealkylation sites (tertiary alicyclic amines) is 1. The third-order valence-electron chi connectivity index (χ3n) is 5.42. The van der Waals surface area contributed by atoms with E-state index < -0.39 is 22.8 Å². The van der Waals surface area contributed by atoms with Crippen LogP contribution in [-0.4, -0.2) is 68.5 Å². The van der Waals surface area contributed by atoms with E-state index >= 15 is 0 Å². The number of ether oxygens (including phenoxy) is 2. The Bertz CT molecular complexity index is 1090. The van der Waals surface area contributed by atoms with Crippen LogP contribution in [0.15, 0.2) is 47.4 Å². The zero-order valence-electron chi connectivity index (χ0n) is 19.0. The standard InChI is InChI=1S/C23H31N3O7S/c1-16-9-20(31-14-17-5-7-26(8-6-17)23(24)25)11-21(10-16)33-34(29,30)22-4-2-3-19(12-22)32-15-18(28)13-27/h2-4,9-12,17-18,27-28H,5-8,13-15H2,1H3,(H3,24,25). The van der Waals surface area contributed by atoms with Gasteiger partial charge in [-0.2, -0.15) is 8.42 Å². The fourth-order valence-electron chi connectivity index (χ4n) is 3.54. The number of nitrogens with two attached hydrogens (primary N) is 1. The molecule has 1 unspecified atom stereocenters. The molecule has 11 heteroatoms. The molecule has 1 aliphatic heterocycles. The van der Waals surface area contributed by atoms with E-state index in [1.54, 1.807) is 12.1 Å². The van der Waals surface area contributed by atoms with E-state index in [9.17, 15) is 13.5 Å². The molecule has 2 aromatic carbocycles. The molecule has 0 saturated carbocycles. The number of benzene rings is 2. The van der Waals surface area contributed by atoms with Gasteiger partial charge >= 0.3 is 10.1 Å². The van der Waals surface area contributed by atoms with Gasteiger partial charge in [-0.1, -0.05) is 6.07 Å². The Kier molecular flexibility index (Phi) is 8.59. The maximum atomic E-state index is 12.8. The molecule has 3 rings (SSSR count). The Morgan fingerprint density at radius 3 is 2.53 bits per heavy atom. The predicted octanol–water partition coefficient (Wildman–Crippen LogP) is 1.48. The van der Waals surface area contributed by atoms with E-state index in [0.717, 1.165) is 18.4 Å². The summed E-state index contributed by atoms with van der Waals surface area (Å²) in [6.07, 6.45) is 0.650. The van der Waals surface area contributed by atoms with Gasteiger partial charge in [0.25, 0.3) is 0 Å². The minimum Gasteiger partial charge on any atom is -0.493 e. The van der Waals surface area contributed by atoms with Crippen LogP contribution < -0.4 is 19.4 Å². The molecule has 5 N–H and O–H groups in total. The van der Waals surface area contributed by atoms with Gasteiger partial charge in [0.15, 0.2) is 5.96 Å². The summed E-state index contributed by atoms with van der Waals surface area (Å²) in [5.41, 5.74) is 6.31. The average molecular weight is 494 g/mol. The molecule has 0 aromatic heterocycles. The smallest absolute Gasteiger partial charge is 0.339 e. The summed E-state index contributed by atoms with van der Waals surface area (Å²) in [5.74, 6) is 1.26. The third-order valence-corrected chi connectivity index (χ3v) is 6.66. The Morgan fingerprint density at radius 2 is 1.85 bits per heavy atom. The molecule has 186 valence electrons. The zero-order chi connectivity index (χ0) is 24.7. The van der Waals surface area contributed by atoms with Crippen LogP contribution in [0.25, 0.3) is 0 Å². The summed E-state index contributed by atoms with van der Waals surface area (Å²) in [4.78, 5) is 1.72. The highest BCUT2D eigenvalue weighted by molar-refractivity contribution is 7.87. The largest absolute Gasteiger partial charge is 0.493 e. The third kappa shape index (κ3) is 7.24. The first kappa shape index (κ1) is 25.6. The first-order chi connectivity index (χ1) is 16.2. The van der Waals surface area contributed by atoms with Crippen molar-refractivity contribution in [2.75, 3.05) is 32.9 Å². The number of hydrogen-bond donors (Lipinski definition) is 4. The number of nitrogens with zero attached hydrogens (tertiary/aromatic N) is 1. The molecule has 0 radical (unpaired) electrons. The SMILES string of the molecule is Cc1cc(OCC2CCN(C(=N)N)CC2)cc(OS(=O)(=O)c2cccc(OCC(O)CO)c2)c1. The maximum absolute atomic E-state index is 12.8. The van der Waals surface area contributed by atoms with Crippen molar-refractivity contribution in [2.45, 2.75) is 30.8 Å². The summed E-state index contributed by atoms with van der Waals surface area (Å²) in [6.45, 7) is 3.08. The van der Waals surface area contributed by atoms with Gasteiger partial charge in [-0.25, -0.2) is 0 Å². The number of guanidine groups is 1. The molecule has 0 aliphatic carbocycles. The lowest BCUT2D eigenvalue weighted by atomic mass is 9.98. The number of piperidine rings is 1. The highest BCUT2D eigenvalue weighted by atomic mass is 32.2. The zero-order valence-corrected chi connectivity index (χ0v) is 19.8. The fraction of sp³-hybridized carbons (Fsp3) is 0.435. The molecule has 0 bridgehead atoms. The number of aliphatic hydroxyl groups is 2. The number of aryl methyl sites for hydroxylation is 1. The van der Waals surface area contributed by atoms with Crippen LogP contribution in [0.3, 0.4) is 0 Å². The second-order valence-electron chi connectivity index (χ2n) is 8.27. The Balaban J connectivity index is 1.63. The van der Waals surface area contributed by atoms with Crippen LogP contribution >= 0.6 is 0 Å². The summed E-state index contributed by atoms with van der Waals surface area (Å²) in [6, 6.07) is 10.7. The van der Waals surface area contributed by atoms with Crippen LogP contribution in [0.4, 0.5) is 0 Å². The monoisotopic (exact) mass is 493 g/mol. The van der Waals surface area contributed by atoms with Gasteiger partial charge < -0.3 is 34.5 Å². The number of hydrogen-bond acceptors (Lipinski definition) is 8. The lowest BCUT2D eigenvalue weighted by molar-refractivity contribution is 0.0535. The average Bonchev–Trinajstić information content (AvgIpc) is 2.81. The molecule has 0 amide bonds. The van der Waals surface area contributed by atoms with E-state index in [4.69, 9.17) is 29.9 Å². The summed E-state index contributed by atoms with van der Waals surface area (Å²) < 4.78 is 42.2. The number of aliphatic hydroxyl groups excluding tert-OH is 2. The van der Waals surface area contributed by atoms with Crippen molar-refractivity contribution in [3.63, 3.8) is 0 Å². The van der Waals surface area contributed by atoms with E-state index in [0.29, 0.717) is 31.4 Å². The lowest BCUT2D eigenvalue weighted by Gasteiger charge is -2.32. The Hall–Kier alpha value is -3.02. The predicted molar refractivity (Wildman–Crippen MR) is 126 cm³/mol. The quantitative estimate of drug-likeness (QED) is 0.219. The molecule has 1 saturated heterocycles. The molecular formula is C23H31N3O7S. The summed E-state index contributed by atoms with van der Waals surface area (Å²) in [7, 11) is -4.15. The van der Waals surface area contributed by atoms with Crippen molar-refractivity contribution < 1.29 is 32.3 Å². The summed E-state index contributed by atoms with van der Waals surface area (Å²) >= 11 is 0. The normalized spacial score (nSPS) is 15.6. The van der Waals surface area contributed by atoms with Crippen LogP contribution in [-0.2, 0) is 10.1 Å². The first-order valence-corrected chi connectivity index (χ1v) is 12.4. The lowest BCUT2D eigenvalue weighted by Crippen LogP contribution is -2.43. The van der Waals surface area contributed by atoms with Gasteiger partial charge in [-0.15, -0.1) is 0 Å². The van der Waals surface area contributed by atoms with Gasteiger partial charge in [0.05, 0.1) is 13.2 Å². The van der Waals surface area contributed by atoms with Crippen LogP contribution in [0.2, 0.25) is 0 Å². The molecule has 1 aliphatic rings. The van der Waals surface area contributed by atoms with Crippen molar-refractivity contribution in [3.8, 4) is 17.2 Å². The molecule has 1 heterocycles. The van der Waals surface area contributed by atoms with E-state index in [-0.39, 0.29) is 29.0 Å². The van der Waals surface area contributed by atoms with E-state index in [2.05, 4.69) is 0 Å². The number of rotatable bonds is 10. The second-order valence-corrected chi connectivity index (χ2v) is 9.81. The van der Waals surface area contributed by atoms with Gasteiger partial charge in [0.1, 0.15) is 34.9 Å². The maximum Gasteiger partial charge on any atom is 0.339 e. The summed E-state index contributed by atoms with van der Waals surface area (Å²) in [5, 5.41) is 25.8. The van der Waals surface area contributed by atoms with Crippen LogP contribution in [0.5, 0.6) is 17.2 Å². The molecule has 1 atom stereocenters. The molecule has 0 spiro atoms. The molecule has 34 heavy (non-hydrogen) atoms. The van der Waals surface area contributed by atoms with Crippen molar-refractivity contribution in [2.24, 2.45) is 11.7 Å². The minimum absolute atomic E-state index is 0.0842. The van der Waals surface area contributed by atoms with Gasteiger partial charge in [0.2, 0.25) is 0 Å². The topological polar surface area (TPSA) is 155 Å². The number of nitrogens with one attached hydrogen (secondary N) is 1. The second kappa shape index (κ2) is 11.4. The van der Waals surface area contributed by atoms with E-state index in [1.165, 1.54) is 24.3 Å². The van der Waals surface area contributed by atoms with Crippen LogP contribution in [0, 0.1) is 18.3 Å². The molecule has 10 nitrogen and oxygen atoms in total.